The SMILES string of the molecule is Cc1ccc(S(=O)(=O)NC2(C(=O)O)CCCC2C)cc1C(=O)O. The number of aliphatic carboxylic acids is 1. The van der Waals surface area contributed by atoms with Gasteiger partial charge in [0.2, 0.25) is 10.0 Å². The van der Waals surface area contributed by atoms with Gasteiger partial charge in [-0.25, -0.2) is 13.2 Å². The van der Waals surface area contributed by atoms with Crippen LogP contribution in [0.25, 0.3) is 0 Å². The van der Waals surface area contributed by atoms with Crippen LogP contribution < -0.4 is 4.72 Å². The molecule has 1 aromatic carbocycles. The van der Waals surface area contributed by atoms with E-state index in [1.807, 2.05) is 0 Å². The number of carbonyl (C=O) groups is 2. The van der Waals surface area contributed by atoms with Crippen molar-refractivity contribution in [3.8, 4) is 0 Å². The summed E-state index contributed by atoms with van der Waals surface area (Å²) < 4.78 is 27.4. The van der Waals surface area contributed by atoms with E-state index in [1.165, 1.54) is 12.1 Å². The van der Waals surface area contributed by atoms with Gasteiger partial charge in [-0.05, 0) is 43.4 Å². The molecule has 0 aliphatic heterocycles. The van der Waals surface area contributed by atoms with Gasteiger partial charge < -0.3 is 10.2 Å². The molecule has 0 bridgehead atoms. The summed E-state index contributed by atoms with van der Waals surface area (Å²) in [6.45, 7) is 3.26. The summed E-state index contributed by atoms with van der Waals surface area (Å²) in [5.41, 5.74) is -1.25. The van der Waals surface area contributed by atoms with Gasteiger partial charge in [0.05, 0.1) is 10.5 Å². The second-order valence-electron chi connectivity index (χ2n) is 5.96. The molecule has 0 heterocycles. The molecule has 2 unspecified atom stereocenters. The second-order valence-corrected chi connectivity index (χ2v) is 7.64. The van der Waals surface area contributed by atoms with Gasteiger partial charge in [-0.15, -0.1) is 0 Å². The molecule has 0 aromatic heterocycles. The molecule has 2 atom stereocenters. The smallest absolute Gasteiger partial charge is 0.335 e. The van der Waals surface area contributed by atoms with Gasteiger partial charge >= 0.3 is 11.9 Å². The Labute approximate surface area is 134 Å². The van der Waals surface area contributed by atoms with E-state index in [0.29, 0.717) is 18.4 Å². The molecule has 1 aromatic rings. The number of aromatic carboxylic acids is 1. The van der Waals surface area contributed by atoms with Gasteiger partial charge in [0.1, 0.15) is 5.54 Å². The van der Waals surface area contributed by atoms with Crippen LogP contribution in [0.2, 0.25) is 0 Å². The lowest BCUT2D eigenvalue weighted by molar-refractivity contribution is -0.145. The van der Waals surface area contributed by atoms with Crippen molar-refractivity contribution in [2.75, 3.05) is 0 Å². The Morgan fingerprint density at radius 1 is 1.30 bits per heavy atom. The normalized spacial score (nSPS) is 24.5. The topological polar surface area (TPSA) is 121 Å². The molecular weight excluding hydrogens is 322 g/mol. The third kappa shape index (κ3) is 3.09. The summed E-state index contributed by atoms with van der Waals surface area (Å²) in [7, 11) is -4.15. The Hall–Kier alpha value is -1.93. The van der Waals surface area contributed by atoms with Crippen molar-refractivity contribution in [1.29, 1.82) is 0 Å². The van der Waals surface area contributed by atoms with E-state index >= 15 is 0 Å². The second kappa shape index (κ2) is 5.93. The monoisotopic (exact) mass is 341 g/mol. The minimum Gasteiger partial charge on any atom is -0.480 e. The number of carboxylic acid groups (broad SMARTS) is 2. The first-order valence-electron chi connectivity index (χ1n) is 7.21. The fourth-order valence-corrected chi connectivity index (χ4v) is 4.50. The third-order valence-electron chi connectivity index (χ3n) is 4.50. The average molecular weight is 341 g/mol. The molecule has 0 spiro atoms. The van der Waals surface area contributed by atoms with Gasteiger partial charge in [-0.2, -0.15) is 4.72 Å². The van der Waals surface area contributed by atoms with Crippen molar-refractivity contribution in [3.05, 3.63) is 29.3 Å². The van der Waals surface area contributed by atoms with Crippen LogP contribution in [0.15, 0.2) is 23.1 Å². The highest BCUT2D eigenvalue weighted by Gasteiger charge is 2.49. The number of hydrogen-bond donors (Lipinski definition) is 3. The molecule has 0 radical (unpaired) electrons. The van der Waals surface area contributed by atoms with Gasteiger partial charge in [0, 0.05) is 0 Å². The number of rotatable bonds is 5. The van der Waals surface area contributed by atoms with E-state index in [-0.39, 0.29) is 22.8 Å². The number of benzene rings is 1. The molecule has 1 aliphatic rings. The minimum absolute atomic E-state index is 0.128. The van der Waals surface area contributed by atoms with E-state index in [2.05, 4.69) is 4.72 Å². The average Bonchev–Trinajstić information content (AvgIpc) is 2.80. The van der Waals surface area contributed by atoms with Gasteiger partial charge in [0.15, 0.2) is 0 Å². The summed E-state index contributed by atoms with van der Waals surface area (Å²) >= 11 is 0. The van der Waals surface area contributed by atoms with Gasteiger partial charge in [0.25, 0.3) is 0 Å². The van der Waals surface area contributed by atoms with Crippen LogP contribution in [0.4, 0.5) is 0 Å². The molecule has 2 rings (SSSR count). The lowest BCUT2D eigenvalue weighted by Gasteiger charge is -2.29. The first-order valence-corrected chi connectivity index (χ1v) is 8.70. The lowest BCUT2D eigenvalue weighted by atomic mass is 9.90. The van der Waals surface area contributed by atoms with E-state index in [0.717, 1.165) is 6.07 Å². The Morgan fingerprint density at radius 2 is 1.96 bits per heavy atom. The quantitative estimate of drug-likeness (QED) is 0.748. The predicted octanol–water partition coefficient (Wildman–Crippen LogP) is 1.61. The maximum absolute atomic E-state index is 12.6. The highest BCUT2D eigenvalue weighted by molar-refractivity contribution is 7.89. The van der Waals surface area contributed by atoms with Crippen molar-refractivity contribution in [1.82, 2.24) is 4.72 Å². The zero-order chi connectivity index (χ0) is 17.4. The first-order chi connectivity index (χ1) is 10.6. The van der Waals surface area contributed by atoms with Crippen LogP contribution in [0.3, 0.4) is 0 Å². The Balaban J connectivity index is 2.45. The molecule has 8 heteroatoms. The molecule has 1 saturated carbocycles. The Bertz CT molecular complexity index is 757. The van der Waals surface area contributed by atoms with Crippen LogP contribution >= 0.6 is 0 Å². The molecular formula is C15H19NO6S. The fraction of sp³-hybridized carbons (Fsp3) is 0.467. The third-order valence-corrected chi connectivity index (χ3v) is 6.00. The predicted molar refractivity (Wildman–Crippen MR) is 81.8 cm³/mol. The van der Waals surface area contributed by atoms with Crippen molar-refractivity contribution >= 4 is 22.0 Å². The highest BCUT2D eigenvalue weighted by Crippen LogP contribution is 2.37. The molecule has 126 valence electrons. The summed E-state index contributed by atoms with van der Waals surface area (Å²) in [5, 5.41) is 18.6. The molecule has 0 saturated heterocycles. The van der Waals surface area contributed by atoms with Gasteiger partial charge in [-0.1, -0.05) is 19.4 Å². The summed E-state index contributed by atoms with van der Waals surface area (Å²) in [6.07, 6.45) is 1.44. The largest absolute Gasteiger partial charge is 0.480 e. The fourth-order valence-electron chi connectivity index (χ4n) is 2.99. The number of aryl methyl sites for hydroxylation is 1. The molecule has 1 fully saturated rings. The number of nitrogens with one attached hydrogen (secondary N) is 1. The van der Waals surface area contributed by atoms with Crippen molar-refractivity contribution in [3.63, 3.8) is 0 Å². The van der Waals surface area contributed by atoms with Crippen LogP contribution in [0, 0.1) is 12.8 Å². The highest BCUT2D eigenvalue weighted by atomic mass is 32.2. The molecule has 3 N–H and O–H groups in total. The van der Waals surface area contributed by atoms with Crippen LogP contribution in [-0.4, -0.2) is 36.1 Å². The molecule has 1 aliphatic carbocycles. The van der Waals surface area contributed by atoms with E-state index in [9.17, 15) is 23.1 Å². The zero-order valence-electron chi connectivity index (χ0n) is 12.9. The summed E-state index contributed by atoms with van der Waals surface area (Å²) in [4.78, 5) is 22.6. The van der Waals surface area contributed by atoms with E-state index < -0.39 is 27.5 Å². The van der Waals surface area contributed by atoms with E-state index in [4.69, 9.17) is 5.11 Å². The van der Waals surface area contributed by atoms with Crippen molar-refractivity contribution in [2.45, 2.75) is 43.5 Å². The minimum atomic E-state index is -4.15. The van der Waals surface area contributed by atoms with Crippen LogP contribution in [-0.2, 0) is 14.8 Å². The maximum atomic E-state index is 12.6. The van der Waals surface area contributed by atoms with Crippen molar-refractivity contribution in [2.24, 2.45) is 5.92 Å². The summed E-state index contributed by atoms with van der Waals surface area (Å²) in [5.74, 6) is -2.79. The van der Waals surface area contributed by atoms with Gasteiger partial charge in [-0.3, -0.25) is 4.79 Å². The first kappa shape index (κ1) is 17.4. The Kier molecular flexibility index (Phi) is 4.50. The van der Waals surface area contributed by atoms with E-state index in [1.54, 1.807) is 13.8 Å². The van der Waals surface area contributed by atoms with Crippen LogP contribution in [0.1, 0.15) is 42.1 Å². The number of carboxylic acids is 2. The standard InChI is InChI=1S/C15H19NO6S/c1-9-5-6-11(8-12(9)13(17)18)23(21,22)16-15(14(19)20)7-3-4-10(15)2/h5-6,8,10,16H,3-4,7H2,1-2H3,(H,17,18)(H,19,20). The van der Waals surface area contributed by atoms with Crippen molar-refractivity contribution < 1.29 is 28.2 Å². The Morgan fingerprint density at radius 3 is 2.43 bits per heavy atom. The summed E-state index contributed by atoms with van der Waals surface area (Å²) in [6, 6.07) is 3.72. The number of hydrogen-bond acceptors (Lipinski definition) is 4. The molecule has 0 amide bonds. The molecule has 23 heavy (non-hydrogen) atoms. The number of sulfonamides is 1. The molecule has 7 nitrogen and oxygen atoms in total. The van der Waals surface area contributed by atoms with Crippen LogP contribution in [0.5, 0.6) is 0 Å². The lowest BCUT2D eigenvalue weighted by Crippen LogP contribution is -2.56. The maximum Gasteiger partial charge on any atom is 0.335 e. The zero-order valence-corrected chi connectivity index (χ0v) is 13.7.